The number of hydrogen-bond acceptors (Lipinski definition) is 3. The van der Waals surface area contributed by atoms with E-state index in [2.05, 4.69) is 26.0 Å². The van der Waals surface area contributed by atoms with Crippen molar-refractivity contribution in [2.24, 2.45) is 0 Å². The zero-order valence-corrected chi connectivity index (χ0v) is 9.31. The summed E-state index contributed by atoms with van der Waals surface area (Å²) in [5.41, 5.74) is 0.307. The van der Waals surface area contributed by atoms with Crippen LogP contribution in [0, 0.1) is 5.82 Å². The van der Waals surface area contributed by atoms with E-state index in [9.17, 15) is 9.18 Å². The maximum atomic E-state index is 13.4. The highest BCUT2D eigenvalue weighted by molar-refractivity contribution is 9.10. The molecule has 1 aromatic carbocycles. The minimum Gasteiger partial charge on any atom is -0.465 e. The lowest BCUT2D eigenvalue weighted by Gasteiger charge is -2.08. The molecule has 1 aromatic rings. The molecule has 0 aromatic heterocycles. The molecule has 0 aliphatic heterocycles. The Labute approximate surface area is 89.4 Å². The molecule has 0 bridgehead atoms. The maximum Gasteiger partial charge on any atom is 0.342 e. The molecule has 0 aliphatic rings. The molecule has 1 rings (SSSR count). The number of methoxy groups -OCH3 is 1. The van der Waals surface area contributed by atoms with Gasteiger partial charge in [-0.15, -0.1) is 0 Å². The second-order valence-electron chi connectivity index (χ2n) is 2.55. The third kappa shape index (κ3) is 2.04. The van der Waals surface area contributed by atoms with Crippen molar-refractivity contribution in [2.45, 2.75) is 0 Å². The van der Waals surface area contributed by atoms with Gasteiger partial charge in [-0.3, -0.25) is 0 Å². The zero-order chi connectivity index (χ0) is 10.7. The lowest BCUT2D eigenvalue weighted by atomic mass is 10.1. The van der Waals surface area contributed by atoms with Crippen LogP contribution in [0.15, 0.2) is 16.6 Å². The second-order valence-corrected chi connectivity index (χ2v) is 3.47. The number of esters is 1. The molecule has 0 amide bonds. The van der Waals surface area contributed by atoms with Gasteiger partial charge in [-0.2, -0.15) is 0 Å². The molecule has 0 atom stereocenters. The van der Waals surface area contributed by atoms with E-state index < -0.39 is 11.8 Å². The first-order chi connectivity index (χ1) is 6.60. The van der Waals surface area contributed by atoms with Crippen molar-refractivity contribution in [1.82, 2.24) is 0 Å². The predicted molar refractivity (Wildman–Crippen MR) is 55.0 cm³/mol. The smallest absolute Gasteiger partial charge is 0.342 e. The summed E-state index contributed by atoms with van der Waals surface area (Å²) in [5, 5.41) is 2.72. The van der Waals surface area contributed by atoms with Crippen LogP contribution < -0.4 is 5.32 Å². The Kier molecular flexibility index (Phi) is 3.46. The van der Waals surface area contributed by atoms with Crippen molar-refractivity contribution in [3.63, 3.8) is 0 Å². The fourth-order valence-corrected chi connectivity index (χ4v) is 1.51. The number of rotatable bonds is 2. The molecule has 3 nitrogen and oxygen atoms in total. The van der Waals surface area contributed by atoms with Crippen LogP contribution in [-0.2, 0) is 4.74 Å². The van der Waals surface area contributed by atoms with E-state index in [-0.39, 0.29) is 5.56 Å². The number of anilines is 1. The van der Waals surface area contributed by atoms with Crippen molar-refractivity contribution >= 4 is 27.6 Å². The summed E-state index contributed by atoms with van der Waals surface area (Å²) >= 11 is 3.13. The zero-order valence-electron chi connectivity index (χ0n) is 7.73. The summed E-state index contributed by atoms with van der Waals surface area (Å²) in [6, 6.07) is 2.82. The number of benzene rings is 1. The average molecular weight is 262 g/mol. The minimum atomic E-state index is -0.695. The summed E-state index contributed by atoms with van der Waals surface area (Å²) in [6.45, 7) is 0. The maximum absolute atomic E-state index is 13.4. The van der Waals surface area contributed by atoms with Gasteiger partial charge in [0.15, 0.2) is 0 Å². The van der Waals surface area contributed by atoms with Gasteiger partial charge in [0.05, 0.1) is 12.8 Å². The summed E-state index contributed by atoms with van der Waals surface area (Å²) in [4.78, 5) is 11.2. The molecule has 14 heavy (non-hydrogen) atoms. The Morgan fingerprint density at radius 3 is 2.71 bits per heavy atom. The Balaban J connectivity index is 3.32. The van der Waals surface area contributed by atoms with Crippen molar-refractivity contribution in [3.05, 3.63) is 28.0 Å². The molecule has 5 heteroatoms. The molecule has 0 radical (unpaired) electrons. The molecule has 76 valence electrons. The summed E-state index contributed by atoms with van der Waals surface area (Å²) in [7, 11) is 2.82. The molecule has 0 heterocycles. The Morgan fingerprint density at radius 2 is 2.21 bits per heavy atom. The van der Waals surface area contributed by atoms with Crippen LogP contribution in [0.25, 0.3) is 0 Å². The fraction of sp³-hybridized carbons (Fsp3) is 0.222. The van der Waals surface area contributed by atoms with Crippen molar-refractivity contribution in [3.8, 4) is 0 Å². The van der Waals surface area contributed by atoms with Crippen LogP contribution in [0.3, 0.4) is 0 Å². The summed E-state index contributed by atoms with van der Waals surface area (Å²) in [5.74, 6) is -1.31. The molecule has 0 unspecified atom stereocenters. The summed E-state index contributed by atoms with van der Waals surface area (Å²) < 4.78 is 18.4. The van der Waals surface area contributed by atoms with E-state index in [1.54, 1.807) is 13.1 Å². The molecule has 1 N–H and O–H groups in total. The number of carbonyl (C=O) groups excluding carboxylic acids is 1. The molecule has 0 spiro atoms. The SMILES string of the molecule is CNc1cc(Br)cc(F)c1C(=O)OC. The van der Waals surface area contributed by atoms with Gasteiger partial charge in [-0.05, 0) is 12.1 Å². The van der Waals surface area contributed by atoms with Gasteiger partial charge in [0.25, 0.3) is 0 Å². The van der Waals surface area contributed by atoms with Crippen LogP contribution in [0.5, 0.6) is 0 Å². The van der Waals surface area contributed by atoms with E-state index in [0.29, 0.717) is 10.2 Å². The van der Waals surface area contributed by atoms with Gasteiger partial charge in [0, 0.05) is 11.5 Å². The molecule has 0 saturated carbocycles. The van der Waals surface area contributed by atoms with Gasteiger partial charge in [0.2, 0.25) is 0 Å². The Bertz CT molecular complexity index is 368. The molecular weight excluding hydrogens is 253 g/mol. The predicted octanol–water partition coefficient (Wildman–Crippen LogP) is 2.42. The molecule has 0 aliphatic carbocycles. The van der Waals surface area contributed by atoms with Crippen molar-refractivity contribution in [1.29, 1.82) is 0 Å². The van der Waals surface area contributed by atoms with Gasteiger partial charge in [-0.1, -0.05) is 15.9 Å². The van der Waals surface area contributed by atoms with Crippen LogP contribution >= 0.6 is 15.9 Å². The highest BCUT2D eigenvalue weighted by atomic mass is 79.9. The van der Waals surface area contributed by atoms with Crippen LogP contribution in [-0.4, -0.2) is 20.1 Å². The highest BCUT2D eigenvalue weighted by Crippen LogP contribution is 2.25. The second kappa shape index (κ2) is 4.41. The molecule has 0 saturated heterocycles. The fourth-order valence-electron chi connectivity index (χ4n) is 1.08. The third-order valence-electron chi connectivity index (χ3n) is 1.71. The van der Waals surface area contributed by atoms with E-state index in [4.69, 9.17) is 0 Å². The van der Waals surface area contributed by atoms with Crippen molar-refractivity contribution < 1.29 is 13.9 Å². The lowest BCUT2D eigenvalue weighted by Crippen LogP contribution is -2.08. The lowest BCUT2D eigenvalue weighted by molar-refractivity contribution is 0.0596. The number of ether oxygens (including phenoxy) is 1. The first kappa shape index (κ1) is 11.0. The van der Waals surface area contributed by atoms with Crippen LogP contribution in [0.4, 0.5) is 10.1 Å². The normalized spacial score (nSPS) is 9.71. The number of hydrogen-bond donors (Lipinski definition) is 1. The summed E-state index contributed by atoms with van der Waals surface area (Å²) in [6.07, 6.45) is 0. The first-order valence-corrected chi connectivity index (χ1v) is 4.64. The standard InChI is InChI=1S/C9H9BrFNO2/c1-12-7-4-5(10)3-6(11)8(7)9(13)14-2/h3-4,12H,1-2H3. The minimum absolute atomic E-state index is 0.0850. The quantitative estimate of drug-likeness (QED) is 0.832. The first-order valence-electron chi connectivity index (χ1n) is 3.85. The highest BCUT2D eigenvalue weighted by Gasteiger charge is 2.17. The van der Waals surface area contributed by atoms with Gasteiger partial charge in [-0.25, -0.2) is 9.18 Å². The third-order valence-corrected chi connectivity index (χ3v) is 2.17. The number of halogens is 2. The Morgan fingerprint density at radius 1 is 1.57 bits per heavy atom. The van der Waals surface area contributed by atoms with Crippen LogP contribution in [0.2, 0.25) is 0 Å². The van der Waals surface area contributed by atoms with Gasteiger partial charge >= 0.3 is 5.97 Å². The largest absolute Gasteiger partial charge is 0.465 e. The van der Waals surface area contributed by atoms with Crippen LogP contribution in [0.1, 0.15) is 10.4 Å². The number of carbonyl (C=O) groups is 1. The molecule has 0 fully saturated rings. The van der Waals surface area contributed by atoms with E-state index in [1.165, 1.54) is 13.2 Å². The van der Waals surface area contributed by atoms with Crippen molar-refractivity contribution in [2.75, 3.05) is 19.5 Å². The Hall–Kier alpha value is -1.10. The van der Waals surface area contributed by atoms with E-state index in [0.717, 1.165) is 0 Å². The molecular formula is C9H9BrFNO2. The van der Waals surface area contributed by atoms with Gasteiger partial charge < -0.3 is 10.1 Å². The average Bonchev–Trinajstić information content (AvgIpc) is 2.15. The van der Waals surface area contributed by atoms with E-state index >= 15 is 0 Å². The van der Waals surface area contributed by atoms with E-state index in [1.807, 2.05) is 0 Å². The monoisotopic (exact) mass is 261 g/mol. The number of nitrogens with one attached hydrogen (secondary N) is 1. The topological polar surface area (TPSA) is 38.3 Å². The van der Waals surface area contributed by atoms with Gasteiger partial charge in [0.1, 0.15) is 11.4 Å².